The topological polar surface area (TPSA) is 89.1 Å². The molecule has 0 atom stereocenters. The van der Waals surface area contributed by atoms with Crippen molar-refractivity contribution >= 4 is 29.3 Å². The van der Waals surface area contributed by atoms with Crippen molar-refractivity contribution in [2.24, 2.45) is 0 Å². The summed E-state index contributed by atoms with van der Waals surface area (Å²) in [6.07, 6.45) is 1.46. The Morgan fingerprint density at radius 1 is 1.47 bits per heavy atom. The summed E-state index contributed by atoms with van der Waals surface area (Å²) in [5, 5.41) is 16.6. The maximum atomic E-state index is 10.3. The largest absolute Gasteiger partial charge is 0.481 e. The van der Waals surface area contributed by atoms with Crippen molar-refractivity contribution in [1.29, 1.82) is 0 Å². The monoisotopic (exact) mass is 271 g/mol. The summed E-state index contributed by atoms with van der Waals surface area (Å²) in [6, 6.07) is 3.29. The van der Waals surface area contributed by atoms with Crippen LogP contribution in [-0.2, 0) is 4.79 Å². The maximum absolute atomic E-state index is 10.3. The van der Waals surface area contributed by atoms with Crippen LogP contribution in [0.2, 0.25) is 5.02 Å². The van der Waals surface area contributed by atoms with Crippen LogP contribution in [0.1, 0.15) is 0 Å². The van der Waals surface area contributed by atoms with E-state index in [-0.39, 0.29) is 16.9 Å². The fourth-order valence-corrected chi connectivity index (χ4v) is 1.59. The Morgan fingerprint density at radius 3 is 2.94 bits per heavy atom. The maximum Gasteiger partial charge on any atom is 0.314 e. The number of carbonyl (C=O) groups is 1. The van der Waals surface area contributed by atoms with Crippen molar-refractivity contribution < 1.29 is 14.3 Å². The zero-order valence-electron chi connectivity index (χ0n) is 8.33. The highest BCUT2D eigenvalue weighted by Crippen LogP contribution is 2.22. The quantitative estimate of drug-likeness (QED) is 0.850. The van der Waals surface area contributed by atoms with Crippen molar-refractivity contribution in [3.63, 3.8) is 0 Å². The number of pyridine rings is 1. The molecule has 0 saturated carbocycles. The molecular formula is C9H6ClN3O3S. The minimum absolute atomic E-state index is 0.129. The summed E-state index contributed by atoms with van der Waals surface area (Å²) in [4.78, 5) is 14.4. The van der Waals surface area contributed by atoms with Gasteiger partial charge >= 0.3 is 5.97 Å². The molecule has 0 saturated heterocycles. The predicted molar refractivity (Wildman–Crippen MR) is 60.9 cm³/mol. The molecule has 0 amide bonds. The number of hydrogen-bond acceptors (Lipinski definition) is 6. The average molecular weight is 272 g/mol. The molecule has 0 aromatic carbocycles. The zero-order valence-corrected chi connectivity index (χ0v) is 9.90. The van der Waals surface area contributed by atoms with E-state index in [4.69, 9.17) is 21.1 Å². The van der Waals surface area contributed by atoms with Gasteiger partial charge in [-0.05, 0) is 12.1 Å². The lowest BCUT2D eigenvalue weighted by molar-refractivity contribution is -0.133. The van der Waals surface area contributed by atoms with Crippen LogP contribution >= 0.6 is 23.4 Å². The third-order valence-corrected chi connectivity index (χ3v) is 2.70. The molecule has 0 aliphatic heterocycles. The molecule has 0 bridgehead atoms. The first-order chi connectivity index (χ1) is 8.15. The number of carboxylic acid groups (broad SMARTS) is 1. The van der Waals surface area contributed by atoms with Gasteiger partial charge in [-0.15, -0.1) is 10.2 Å². The first-order valence-corrected chi connectivity index (χ1v) is 5.81. The van der Waals surface area contributed by atoms with Crippen molar-refractivity contribution in [2.75, 3.05) is 5.75 Å². The number of thioether (sulfide) groups is 1. The van der Waals surface area contributed by atoms with E-state index in [1.54, 1.807) is 12.1 Å². The number of rotatable bonds is 4. The molecular weight excluding hydrogens is 266 g/mol. The average Bonchev–Trinajstić information content (AvgIpc) is 2.76. The van der Waals surface area contributed by atoms with E-state index < -0.39 is 5.97 Å². The normalized spacial score (nSPS) is 10.4. The number of hydrogen-bond donors (Lipinski definition) is 1. The minimum atomic E-state index is -0.945. The van der Waals surface area contributed by atoms with Gasteiger partial charge in [0.25, 0.3) is 11.1 Å². The molecule has 8 heteroatoms. The second-order valence-corrected chi connectivity index (χ2v) is 4.28. The first kappa shape index (κ1) is 11.9. The SMILES string of the molecule is O=C(O)CSc1nnc(-c2ccc(Cl)cn2)o1. The Balaban J connectivity index is 2.12. The molecule has 2 rings (SSSR count). The molecule has 2 heterocycles. The van der Waals surface area contributed by atoms with Crippen LogP contribution < -0.4 is 0 Å². The molecule has 2 aromatic heterocycles. The van der Waals surface area contributed by atoms with Crippen LogP contribution in [-0.4, -0.2) is 32.0 Å². The van der Waals surface area contributed by atoms with Crippen LogP contribution in [0.15, 0.2) is 28.0 Å². The van der Waals surface area contributed by atoms with Gasteiger partial charge in [0.15, 0.2) is 0 Å². The second-order valence-electron chi connectivity index (χ2n) is 2.92. The summed E-state index contributed by atoms with van der Waals surface area (Å²) >= 11 is 6.64. The first-order valence-electron chi connectivity index (χ1n) is 4.45. The Bertz CT molecular complexity index is 529. The molecule has 0 aliphatic rings. The van der Waals surface area contributed by atoms with Crippen LogP contribution in [0.4, 0.5) is 0 Å². The highest BCUT2D eigenvalue weighted by atomic mass is 35.5. The van der Waals surface area contributed by atoms with E-state index in [0.29, 0.717) is 10.7 Å². The van der Waals surface area contributed by atoms with Crippen LogP contribution in [0.25, 0.3) is 11.6 Å². The second kappa shape index (κ2) is 5.15. The van der Waals surface area contributed by atoms with E-state index >= 15 is 0 Å². The van der Waals surface area contributed by atoms with Crippen molar-refractivity contribution in [3.8, 4) is 11.6 Å². The molecule has 0 radical (unpaired) electrons. The van der Waals surface area contributed by atoms with Crippen LogP contribution in [0.3, 0.4) is 0 Å². The molecule has 0 unspecified atom stereocenters. The standard InChI is InChI=1S/C9H6ClN3O3S/c10-5-1-2-6(11-3-5)8-12-13-9(16-8)17-4-7(14)15/h1-3H,4H2,(H,14,15). The molecule has 0 spiro atoms. The highest BCUT2D eigenvalue weighted by molar-refractivity contribution is 7.99. The van der Waals surface area contributed by atoms with E-state index in [1.165, 1.54) is 6.20 Å². The Kier molecular flexibility index (Phi) is 3.60. The number of nitrogens with zero attached hydrogens (tertiary/aromatic N) is 3. The van der Waals surface area contributed by atoms with Gasteiger partial charge < -0.3 is 9.52 Å². The lowest BCUT2D eigenvalue weighted by Gasteiger charge is -1.93. The van der Waals surface area contributed by atoms with E-state index in [0.717, 1.165) is 11.8 Å². The fraction of sp³-hybridized carbons (Fsp3) is 0.111. The van der Waals surface area contributed by atoms with Gasteiger partial charge in [0.05, 0.1) is 5.02 Å². The fourth-order valence-electron chi connectivity index (χ4n) is 0.997. The summed E-state index contributed by atoms with van der Waals surface area (Å²) < 4.78 is 5.23. The molecule has 2 aromatic rings. The predicted octanol–water partition coefficient (Wildman–Crippen LogP) is 1.96. The van der Waals surface area contributed by atoms with Gasteiger partial charge in [-0.2, -0.15) is 0 Å². The zero-order chi connectivity index (χ0) is 12.3. The summed E-state index contributed by atoms with van der Waals surface area (Å²) in [7, 11) is 0. The van der Waals surface area contributed by atoms with Gasteiger partial charge in [0.2, 0.25) is 0 Å². The number of halogens is 1. The van der Waals surface area contributed by atoms with Gasteiger partial charge in [-0.1, -0.05) is 23.4 Å². The van der Waals surface area contributed by atoms with Crippen molar-refractivity contribution in [2.45, 2.75) is 5.22 Å². The Morgan fingerprint density at radius 2 is 2.29 bits per heavy atom. The van der Waals surface area contributed by atoms with Gasteiger partial charge in [0, 0.05) is 6.20 Å². The Hall–Kier alpha value is -1.60. The molecule has 17 heavy (non-hydrogen) atoms. The summed E-state index contributed by atoms with van der Waals surface area (Å²) in [6.45, 7) is 0. The van der Waals surface area contributed by atoms with E-state index in [1.807, 2.05) is 0 Å². The van der Waals surface area contributed by atoms with E-state index in [2.05, 4.69) is 15.2 Å². The smallest absolute Gasteiger partial charge is 0.314 e. The van der Waals surface area contributed by atoms with Gasteiger partial charge in [-0.3, -0.25) is 4.79 Å². The third-order valence-electron chi connectivity index (χ3n) is 1.67. The Labute approximate surface area is 105 Å². The minimum Gasteiger partial charge on any atom is -0.481 e. The number of carboxylic acids is 1. The van der Waals surface area contributed by atoms with Crippen molar-refractivity contribution in [3.05, 3.63) is 23.4 Å². The molecule has 0 aliphatic carbocycles. The van der Waals surface area contributed by atoms with E-state index in [9.17, 15) is 4.79 Å². The lowest BCUT2D eigenvalue weighted by Crippen LogP contribution is -1.97. The summed E-state index contributed by atoms with van der Waals surface area (Å²) in [5.41, 5.74) is 0.490. The number of aromatic nitrogens is 3. The number of aliphatic carboxylic acids is 1. The molecule has 6 nitrogen and oxygen atoms in total. The van der Waals surface area contributed by atoms with Crippen molar-refractivity contribution in [1.82, 2.24) is 15.2 Å². The molecule has 1 N–H and O–H groups in total. The van der Waals surface area contributed by atoms with Crippen LogP contribution in [0.5, 0.6) is 0 Å². The lowest BCUT2D eigenvalue weighted by atomic mass is 10.3. The molecule has 88 valence electrons. The third kappa shape index (κ3) is 3.18. The van der Waals surface area contributed by atoms with Crippen LogP contribution in [0, 0.1) is 0 Å². The van der Waals surface area contributed by atoms with Gasteiger partial charge in [0.1, 0.15) is 11.4 Å². The van der Waals surface area contributed by atoms with Gasteiger partial charge in [-0.25, -0.2) is 4.98 Å². The molecule has 0 fully saturated rings. The summed E-state index contributed by atoms with van der Waals surface area (Å²) in [5.74, 6) is -0.843. The highest BCUT2D eigenvalue weighted by Gasteiger charge is 2.11.